The highest BCUT2D eigenvalue weighted by Crippen LogP contribution is 2.42. The van der Waals surface area contributed by atoms with E-state index < -0.39 is 6.04 Å². The number of hydrogen-bond acceptors (Lipinski definition) is 7. The Kier molecular flexibility index (Phi) is 4.95. The normalized spacial score (nSPS) is 26.9. The minimum atomic E-state index is -0.426. The lowest BCUT2D eigenvalue weighted by atomic mass is 9.78. The Labute approximate surface area is 173 Å². The summed E-state index contributed by atoms with van der Waals surface area (Å²) in [6.45, 7) is 5.46. The van der Waals surface area contributed by atoms with Gasteiger partial charge in [0.2, 0.25) is 17.7 Å². The summed E-state index contributed by atoms with van der Waals surface area (Å²) >= 11 is 1.88. The molecule has 5 heterocycles. The van der Waals surface area contributed by atoms with E-state index in [1.165, 1.54) is 0 Å². The zero-order valence-corrected chi connectivity index (χ0v) is 17.3. The summed E-state index contributed by atoms with van der Waals surface area (Å²) in [6.07, 6.45) is 0.932. The quantitative estimate of drug-likeness (QED) is 0.746. The van der Waals surface area contributed by atoms with Crippen LogP contribution < -0.4 is 5.56 Å². The van der Waals surface area contributed by atoms with E-state index in [9.17, 15) is 9.59 Å². The summed E-state index contributed by atoms with van der Waals surface area (Å²) in [5, 5.41) is 8.05. The van der Waals surface area contributed by atoms with Crippen LogP contribution in [-0.4, -0.2) is 68.2 Å². The highest BCUT2D eigenvalue weighted by Gasteiger charge is 2.45. The second-order valence-corrected chi connectivity index (χ2v) is 9.37. The van der Waals surface area contributed by atoms with E-state index in [0.29, 0.717) is 18.3 Å². The minimum absolute atomic E-state index is 0.0667. The molecule has 0 spiro atoms. The molecule has 0 aromatic carbocycles. The van der Waals surface area contributed by atoms with Crippen LogP contribution in [0.2, 0.25) is 0 Å². The molecule has 2 bridgehead atoms. The summed E-state index contributed by atoms with van der Waals surface area (Å²) in [4.78, 5) is 30.6. The van der Waals surface area contributed by atoms with Crippen LogP contribution in [0.15, 0.2) is 27.4 Å². The molecular weight excluding hydrogens is 390 g/mol. The fraction of sp³-hybridized carbons (Fsp3) is 0.600. The summed E-state index contributed by atoms with van der Waals surface area (Å²) in [6, 6.07) is 4.98. The first-order valence-electron chi connectivity index (χ1n) is 10.2. The summed E-state index contributed by atoms with van der Waals surface area (Å²) < 4.78 is 7.36. The lowest BCUT2D eigenvalue weighted by Gasteiger charge is -2.47. The number of fused-ring (bicyclic) bond motifs is 4. The standard InChI is InChI=1S/C20H25N5O3S/c1-13-21-22-17(28-13)12-23-10-14-9-15(11-23)19(20(27)24-5-7-29-8-6-24)25-16(14)3-2-4-18(25)26/h2-4,14-15,19H,5-12H2,1H3/t14-,15+,19+/m0/s1. The molecule has 9 heteroatoms. The molecule has 1 amide bonds. The predicted octanol–water partition coefficient (Wildman–Crippen LogP) is 1.28. The zero-order chi connectivity index (χ0) is 20.0. The largest absolute Gasteiger partial charge is 0.424 e. The average Bonchev–Trinajstić information content (AvgIpc) is 3.13. The summed E-state index contributed by atoms with van der Waals surface area (Å²) in [5.74, 6) is 3.52. The van der Waals surface area contributed by atoms with Gasteiger partial charge in [-0.15, -0.1) is 10.2 Å². The molecule has 154 valence electrons. The molecule has 2 aromatic heterocycles. The highest BCUT2D eigenvalue weighted by molar-refractivity contribution is 7.99. The van der Waals surface area contributed by atoms with Crippen LogP contribution in [0.25, 0.3) is 0 Å². The average molecular weight is 416 g/mol. The van der Waals surface area contributed by atoms with Gasteiger partial charge in [-0.2, -0.15) is 11.8 Å². The first-order valence-corrected chi connectivity index (χ1v) is 11.3. The maximum Gasteiger partial charge on any atom is 0.251 e. The fourth-order valence-corrected chi connectivity index (χ4v) is 5.94. The molecular formula is C20H25N5O3S. The van der Waals surface area contributed by atoms with Gasteiger partial charge < -0.3 is 9.32 Å². The summed E-state index contributed by atoms with van der Waals surface area (Å²) in [5.41, 5.74) is 0.910. The fourth-order valence-electron chi connectivity index (χ4n) is 5.04. The van der Waals surface area contributed by atoms with Gasteiger partial charge in [0.15, 0.2) is 0 Å². The van der Waals surface area contributed by atoms with Gasteiger partial charge in [0.25, 0.3) is 5.56 Å². The minimum Gasteiger partial charge on any atom is -0.424 e. The molecule has 0 saturated carbocycles. The third-order valence-electron chi connectivity index (χ3n) is 6.23. The van der Waals surface area contributed by atoms with E-state index in [1.807, 2.05) is 28.8 Å². The highest BCUT2D eigenvalue weighted by atomic mass is 32.2. The molecule has 0 N–H and O–H groups in total. The third kappa shape index (κ3) is 3.50. The van der Waals surface area contributed by atoms with Crippen molar-refractivity contribution in [3.63, 3.8) is 0 Å². The molecule has 0 radical (unpaired) electrons. The van der Waals surface area contributed by atoms with E-state index >= 15 is 0 Å². The first-order chi connectivity index (χ1) is 14.1. The lowest BCUT2D eigenvalue weighted by molar-refractivity contribution is -0.138. The number of piperidine rings is 1. The second kappa shape index (κ2) is 7.60. The van der Waals surface area contributed by atoms with Crippen LogP contribution in [0.1, 0.15) is 35.9 Å². The Bertz CT molecular complexity index is 967. The Morgan fingerprint density at radius 1 is 1.24 bits per heavy atom. The van der Waals surface area contributed by atoms with Crippen LogP contribution in [0, 0.1) is 12.8 Å². The van der Waals surface area contributed by atoms with Crippen LogP contribution in [0.5, 0.6) is 0 Å². The maximum atomic E-state index is 13.5. The number of nitrogens with zero attached hydrogens (tertiary/aromatic N) is 5. The van der Waals surface area contributed by atoms with Gasteiger partial charge in [0.1, 0.15) is 6.04 Å². The van der Waals surface area contributed by atoms with E-state index in [0.717, 1.165) is 49.8 Å². The zero-order valence-electron chi connectivity index (χ0n) is 16.5. The molecule has 29 heavy (non-hydrogen) atoms. The summed E-state index contributed by atoms with van der Waals surface area (Å²) in [7, 11) is 0. The Morgan fingerprint density at radius 2 is 2.07 bits per heavy atom. The van der Waals surface area contributed by atoms with Crippen molar-refractivity contribution in [1.29, 1.82) is 0 Å². The first kappa shape index (κ1) is 18.9. The van der Waals surface area contributed by atoms with Crippen molar-refractivity contribution in [2.24, 2.45) is 5.92 Å². The van der Waals surface area contributed by atoms with Gasteiger partial charge in [0, 0.05) is 68.2 Å². The van der Waals surface area contributed by atoms with Gasteiger partial charge >= 0.3 is 0 Å². The topological polar surface area (TPSA) is 84.5 Å². The van der Waals surface area contributed by atoms with Crippen molar-refractivity contribution < 1.29 is 9.21 Å². The third-order valence-corrected chi connectivity index (χ3v) is 7.17. The number of carbonyl (C=O) groups is 1. The number of likely N-dealkylation sites (tertiary alicyclic amines) is 1. The number of pyridine rings is 1. The van der Waals surface area contributed by atoms with Crippen LogP contribution in [0.3, 0.4) is 0 Å². The number of hydrogen-bond donors (Lipinski definition) is 0. The monoisotopic (exact) mass is 415 g/mol. The molecule has 2 aromatic rings. The van der Waals surface area contributed by atoms with Gasteiger partial charge in [-0.1, -0.05) is 6.07 Å². The van der Waals surface area contributed by atoms with Crippen molar-refractivity contribution >= 4 is 17.7 Å². The number of carbonyl (C=O) groups excluding carboxylic acids is 1. The predicted molar refractivity (Wildman–Crippen MR) is 109 cm³/mol. The van der Waals surface area contributed by atoms with Gasteiger partial charge in [-0.25, -0.2) is 0 Å². The van der Waals surface area contributed by atoms with Crippen molar-refractivity contribution in [2.45, 2.75) is 31.8 Å². The molecule has 0 aliphatic carbocycles. The van der Waals surface area contributed by atoms with Gasteiger partial charge in [-0.3, -0.25) is 19.1 Å². The molecule has 3 atom stereocenters. The maximum absolute atomic E-state index is 13.5. The van der Waals surface area contributed by atoms with E-state index in [4.69, 9.17) is 4.42 Å². The number of aryl methyl sites for hydroxylation is 1. The molecule has 2 fully saturated rings. The van der Waals surface area contributed by atoms with Crippen LogP contribution in [-0.2, 0) is 11.3 Å². The van der Waals surface area contributed by atoms with Crippen LogP contribution >= 0.6 is 11.8 Å². The van der Waals surface area contributed by atoms with E-state index in [2.05, 4.69) is 15.1 Å². The van der Waals surface area contributed by atoms with Gasteiger partial charge in [-0.05, 0) is 12.5 Å². The number of aromatic nitrogens is 3. The molecule has 3 aliphatic heterocycles. The van der Waals surface area contributed by atoms with Crippen molar-refractivity contribution in [2.75, 3.05) is 37.7 Å². The Balaban J connectivity index is 1.48. The lowest BCUT2D eigenvalue weighted by Crippen LogP contribution is -2.54. The Hall–Kier alpha value is -2.13. The number of rotatable bonds is 3. The van der Waals surface area contributed by atoms with Crippen LogP contribution in [0.4, 0.5) is 0 Å². The molecule has 2 saturated heterocycles. The smallest absolute Gasteiger partial charge is 0.251 e. The van der Waals surface area contributed by atoms with E-state index in [1.54, 1.807) is 17.6 Å². The molecule has 3 aliphatic rings. The number of thioether (sulfide) groups is 1. The van der Waals surface area contributed by atoms with E-state index in [-0.39, 0.29) is 23.3 Å². The van der Waals surface area contributed by atoms with Crippen molar-refractivity contribution in [3.8, 4) is 0 Å². The van der Waals surface area contributed by atoms with Crippen molar-refractivity contribution in [3.05, 3.63) is 46.0 Å². The van der Waals surface area contributed by atoms with Crippen molar-refractivity contribution in [1.82, 2.24) is 24.6 Å². The second-order valence-electron chi connectivity index (χ2n) is 8.14. The number of amides is 1. The SMILES string of the molecule is Cc1nnc(CN2C[C@@H]3C[C@H](C2)[C@H](C(=O)N2CCSCC2)n2c3cccc2=O)o1. The molecule has 5 rings (SSSR count). The molecule has 8 nitrogen and oxygen atoms in total. The molecule has 0 unspecified atom stereocenters. The van der Waals surface area contributed by atoms with Gasteiger partial charge in [0.05, 0.1) is 6.54 Å². The Morgan fingerprint density at radius 3 is 2.83 bits per heavy atom.